The number of rotatable bonds is 5. The van der Waals surface area contributed by atoms with Crippen molar-refractivity contribution in [3.63, 3.8) is 0 Å². The molecule has 28 heavy (non-hydrogen) atoms. The first kappa shape index (κ1) is 20.2. The van der Waals surface area contributed by atoms with E-state index in [2.05, 4.69) is 20.2 Å². The van der Waals surface area contributed by atoms with Crippen molar-refractivity contribution in [2.45, 2.75) is 38.0 Å². The fourth-order valence-corrected chi connectivity index (χ4v) is 4.44. The zero-order valence-electron chi connectivity index (χ0n) is 15.7. The summed E-state index contributed by atoms with van der Waals surface area (Å²) in [6, 6.07) is 6.55. The Labute approximate surface area is 167 Å². The molecule has 0 spiro atoms. The molecular weight excluding hydrogens is 402 g/mol. The first-order valence-electron chi connectivity index (χ1n) is 8.64. The second-order valence-electron chi connectivity index (χ2n) is 7.38. The summed E-state index contributed by atoms with van der Waals surface area (Å²) in [6.07, 6.45) is 1.35. The molecule has 2 heterocycles. The molecule has 0 unspecified atom stereocenters. The van der Waals surface area contributed by atoms with Crippen molar-refractivity contribution < 1.29 is 18.0 Å². The van der Waals surface area contributed by atoms with Crippen molar-refractivity contribution in [2.24, 2.45) is 5.41 Å². The quantitative estimate of drug-likeness (QED) is 0.713. The van der Waals surface area contributed by atoms with Crippen LogP contribution >= 0.6 is 11.3 Å². The lowest BCUT2D eigenvalue weighted by Crippen LogP contribution is -2.27. The Bertz CT molecular complexity index is 993. The Morgan fingerprint density at radius 3 is 2.43 bits per heavy atom. The molecule has 11 heteroatoms. The van der Waals surface area contributed by atoms with Crippen molar-refractivity contribution in [3.05, 3.63) is 24.3 Å². The zero-order chi connectivity index (χ0) is 20.5. The van der Waals surface area contributed by atoms with Crippen LogP contribution in [0.2, 0.25) is 0 Å². The fraction of sp³-hybridized carbons (Fsp3) is 0.412. The molecule has 0 saturated carbocycles. The van der Waals surface area contributed by atoms with Crippen LogP contribution in [0.5, 0.6) is 0 Å². The first-order valence-corrected chi connectivity index (χ1v) is 10.9. The SMILES string of the molecule is CC(C)(C)C(=O)Nc1nnc(S(=O)(=O)Nc2ccc(N3CCCC3=O)cc2)s1. The molecule has 1 aromatic heterocycles. The van der Waals surface area contributed by atoms with Crippen LogP contribution in [0.4, 0.5) is 16.5 Å². The highest BCUT2D eigenvalue weighted by atomic mass is 32.2. The average Bonchev–Trinajstić information content (AvgIpc) is 3.24. The maximum absolute atomic E-state index is 12.5. The van der Waals surface area contributed by atoms with E-state index in [1.807, 2.05) is 0 Å². The molecule has 2 N–H and O–H groups in total. The molecule has 3 rings (SSSR count). The molecule has 0 bridgehead atoms. The molecule has 150 valence electrons. The minimum absolute atomic E-state index is 0.0621. The summed E-state index contributed by atoms with van der Waals surface area (Å²) in [5, 5.41) is 10.1. The van der Waals surface area contributed by atoms with Gasteiger partial charge in [0.1, 0.15) is 0 Å². The highest BCUT2D eigenvalue weighted by Gasteiger charge is 2.26. The topological polar surface area (TPSA) is 121 Å². The molecule has 9 nitrogen and oxygen atoms in total. The van der Waals surface area contributed by atoms with Gasteiger partial charge in [0.05, 0.1) is 0 Å². The number of hydrogen-bond donors (Lipinski definition) is 2. The smallest absolute Gasteiger partial charge is 0.291 e. The summed E-state index contributed by atoms with van der Waals surface area (Å²) in [6.45, 7) is 5.88. The minimum atomic E-state index is -3.94. The second-order valence-corrected chi connectivity index (χ2v) is 10.2. The van der Waals surface area contributed by atoms with E-state index < -0.39 is 15.4 Å². The van der Waals surface area contributed by atoms with Gasteiger partial charge in [-0.1, -0.05) is 32.1 Å². The number of nitrogens with zero attached hydrogens (tertiary/aromatic N) is 3. The Hall–Kier alpha value is -2.53. The summed E-state index contributed by atoms with van der Waals surface area (Å²) < 4.78 is 27.2. The predicted octanol–water partition coefficient (Wildman–Crippen LogP) is 2.45. The number of carbonyl (C=O) groups is 2. The lowest BCUT2D eigenvalue weighted by Gasteiger charge is -2.16. The highest BCUT2D eigenvalue weighted by Crippen LogP contribution is 2.26. The summed E-state index contributed by atoms with van der Waals surface area (Å²) in [4.78, 5) is 25.4. The lowest BCUT2D eigenvalue weighted by molar-refractivity contribution is -0.123. The van der Waals surface area contributed by atoms with E-state index in [9.17, 15) is 18.0 Å². The van der Waals surface area contributed by atoms with Gasteiger partial charge in [-0.25, -0.2) is 0 Å². The number of benzene rings is 1. The number of carbonyl (C=O) groups excluding carboxylic acids is 2. The second kappa shape index (κ2) is 7.47. The summed E-state index contributed by atoms with van der Waals surface area (Å²) in [5.74, 6) is -0.223. The van der Waals surface area contributed by atoms with Gasteiger partial charge in [0.25, 0.3) is 14.4 Å². The van der Waals surface area contributed by atoms with Gasteiger partial charge < -0.3 is 10.2 Å². The zero-order valence-corrected chi connectivity index (χ0v) is 17.4. The number of anilines is 3. The van der Waals surface area contributed by atoms with Crippen LogP contribution < -0.4 is 14.9 Å². The van der Waals surface area contributed by atoms with Crippen molar-refractivity contribution in [3.8, 4) is 0 Å². The third-order valence-electron chi connectivity index (χ3n) is 4.04. The Morgan fingerprint density at radius 1 is 1.18 bits per heavy atom. The normalized spacial score (nSPS) is 15.0. The number of sulfonamides is 1. The average molecular weight is 424 g/mol. The molecule has 2 amide bonds. The van der Waals surface area contributed by atoms with Gasteiger partial charge in [-0.15, -0.1) is 10.2 Å². The minimum Gasteiger partial charge on any atom is -0.312 e. The maximum atomic E-state index is 12.5. The van der Waals surface area contributed by atoms with E-state index in [0.717, 1.165) is 23.4 Å². The molecule has 0 atom stereocenters. The van der Waals surface area contributed by atoms with E-state index in [1.165, 1.54) is 0 Å². The summed E-state index contributed by atoms with van der Waals surface area (Å²) in [5.41, 5.74) is 0.431. The Morgan fingerprint density at radius 2 is 1.86 bits per heavy atom. The third kappa shape index (κ3) is 4.47. The largest absolute Gasteiger partial charge is 0.312 e. The molecule has 1 saturated heterocycles. The summed E-state index contributed by atoms with van der Waals surface area (Å²) in [7, 11) is -3.94. The van der Waals surface area contributed by atoms with Gasteiger partial charge in [-0.2, -0.15) is 8.42 Å². The van der Waals surface area contributed by atoms with E-state index in [1.54, 1.807) is 49.9 Å². The van der Waals surface area contributed by atoms with Crippen LogP contribution in [0.3, 0.4) is 0 Å². The molecule has 2 aromatic rings. The molecule has 1 aromatic carbocycles. The van der Waals surface area contributed by atoms with Gasteiger partial charge in [0.2, 0.25) is 16.9 Å². The third-order valence-corrected chi connectivity index (χ3v) is 6.63. The van der Waals surface area contributed by atoms with E-state index in [4.69, 9.17) is 0 Å². The van der Waals surface area contributed by atoms with Gasteiger partial charge >= 0.3 is 0 Å². The number of aromatic nitrogens is 2. The van der Waals surface area contributed by atoms with Crippen molar-refractivity contribution in [1.29, 1.82) is 0 Å². The highest BCUT2D eigenvalue weighted by molar-refractivity contribution is 7.94. The Kier molecular flexibility index (Phi) is 5.39. The van der Waals surface area contributed by atoms with Crippen LogP contribution in [0.1, 0.15) is 33.6 Å². The monoisotopic (exact) mass is 423 g/mol. The number of amides is 2. The van der Waals surface area contributed by atoms with Crippen LogP contribution in [-0.2, 0) is 19.6 Å². The van der Waals surface area contributed by atoms with E-state index in [-0.39, 0.29) is 21.3 Å². The van der Waals surface area contributed by atoms with Gasteiger partial charge in [0.15, 0.2) is 0 Å². The predicted molar refractivity (Wildman–Crippen MR) is 107 cm³/mol. The van der Waals surface area contributed by atoms with E-state index >= 15 is 0 Å². The number of nitrogens with one attached hydrogen (secondary N) is 2. The molecule has 1 fully saturated rings. The molecule has 1 aliphatic rings. The van der Waals surface area contributed by atoms with Gasteiger partial charge in [0, 0.05) is 29.8 Å². The van der Waals surface area contributed by atoms with Crippen molar-refractivity contribution in [2.75, 3.05) is 21.5 Å². The first-order chi connectivity index (χ1) is 13.1. The molecular formula is C17H21N5O4S2. The number of hydrogen-bond acceptors (Lipinski definition) is 7. The lowest BCUT2D eigenvalue weighted by atomic mass is 9.96. The van der Waals surface area contributed by atoms with E-state index in [0.29, 0.717) is 18.7 Å². The van der Waals surface area contributed by atoms with Crippen LogP contribution in [0, 0.1) is 5.41 Å². The van der Waals surface area contributed by atoms with Crippen molar-refractivity contribution >= 4 is 49.7 Å². The van der Waals surface area contributed by atoms with Crippen LogP contribution in [0.15, 0.2) is 28.6 Å². The molecule has 1 aliphatic heterocycles. The summed E-state index contributed by atoms with van der Waals surface area (Å²) >= 11 is 0.770. The Balaban J connectivity index is 1.70. The van der Waals surface area contributed by atoms with Crippen LogP contribution in [0.25, 0.3) is 0 Å². The molecule has 0 radical (unpaired) electrons. The standard InChI is InChI=1S/C17H21N5O4S2/c1-17(2,3)14(24)18-15-19-20-16(27-15)28(25,26)21-11-6-8-12(9-7-11)22-10-4-5-13(22)23/h6-9,21H,4-5,10H2,1-3H3,(H,18,19,24). The van der Waals surface area contributed by atoms with Gasteiger partial charge in [-0.05, 0) is 30.7 Å². The van der Waals surface area contributed by atoms with Gasteiger partial charge in [-0.3, -0.25) is 14.3 Å². The van der Waals surface area contributed by atoms with Crippen molar-refractivity contribution in [1.82, 2.24) is 10.2 Å². The molecule has 0 aliphatic carbocycles. The maximum Gasteiger partial charge on any atom is 0.291 e. The van der Waals surface area contributed by atoms with Crippen LogP contribution in [-0.4, -0.2) is 37.0 Å². The fourth-order valence-electron chi connectivity index (χ4n) is 2.48.